The fourth-order valence-corrected chi connectivity index (χ4v) is 2.10. The second-order valence-electron chi connectivity index (χ2n) is 4.66. The first kappa shape index (κ1) is 17.8. The molecule has 0 saturated carbocycles. The highest BCUT2D eigenvalue weighted by Crippen LogP contribution is 2.27. The van der Waals surface area contributed by atoms with E-state index in [0.717, 1.165) is 18.6 Å². The summed E-state index contributed by atoms with van der Waals surface area (Å²) in [5.41, 5.74) is 3.46. The van der Waals surface area contributed by atoms with Crippen molar-refractivity contribution in [3.8, 4) is 5.75 Å². The molecule has 1 N–H and O–H groups in total. The molecular weight excluding hydrogens is 311 g/mol. The fraction of sp³-hybridized carbons (Fsp3) is 0.467. The topological polar surface area (TPSA) is 50.7 Å². The number of benzene rings is 1. The zero-order chi connectivity index (χ0) is 15.7. The number of carbonyl (C=O) groups is 1. The maximum Gasteiger partial charge on any atom is 0.240 e. The van der Waals surface area contributed by atoms with Gasteiger partial charge in [-0.15, -0.1) is 0 Å². The molecule has 21 heavy (non-hydrogen) atoms. The Morgan fingerprint density at radius 3 is 2.76 bits per heavy atom. The number of amides is 1. The first-order chi connectivity index (χ1) is 10.0. The summed E-state index contributed by atoms with van der Waals surface area (Å²) in [6, 6.07) is 5.04. The van der Waals surface area contributed by atoms with Gasteiger partial charge in [-0.3, -0.25) is 4.79 Å². The summed E-state index contributed by atoms with van der Waals surface area (Å²) >= 11 is 11.8. The van der Waals surface area contributed by atoms with Gasteiger partial charge in [0.25, 0.3) is 0 Å². The number of rotatable bonds is 8. The van der Waals surface area contributed by atoms with Gasteiger partial charge in [0.15, 0.2) is 0 Å². The monoisotopic (exact) mass is 330 g/mol. The molecule has 1 rings (SSSR count). The summed E-state index contributed by atoms with van der Waals surface area (Å²) in [6.45, 7) is 4.38. The predicted octanol–water partition coefficient (Wildman–Crippen LogP) is 4.44. The number of nitrogens with one attached hydrogen (secondary N) is 1. The number of carbonyl (C=O) groups excluding carboxylic acids is 1. The van der Waals surface area contributed by atoms with Gasteiger partial charge in [-0.2, -0.15) is 5.10 Å². The zero-order valence-corrected chi connectivity index (χ0v) is 13.8. The SMILES string of the molecule is CCC/C(C)=N/NC(=O)CCCOc1ccc(Cl)cc1Cl. The normalized spacial score (nSPS) is 11.3. The van der Waals surface area contributed by atoms with Crippen molar-refractivity contribution in [3.05, 3.63) is 28.2 Å². The van der Waals surface area contributed by atoms with E-state index in [1.54, 1.807) is 18.2 Å². The molecule has 0 aliphatic heterocycles. The van der Waals surface area contributed by atoms with Crippen LogP contribution in [0.2, 0.25) is 10.0 Å². The first-order valence-corrected chi connectivity index (χ1v) is 7.68. The van der Waals surface area contributed by atoms with Crippen LogP contribution < -0.4 is 10.2 Å². The van der Waals surface area contributed by atoms with Crippen molar-refractivity contribution in [3.63, 3.8) is 0 Å². The van der Waals surface area contributed by atoms with E-state index in [4.69, 9.17) is 27.9 Å². The smallest absolute Gasteiger partial charge is 0.240 e. The van der Waals surface area contributed by atoms with E-state index >= 15 is 0 Å². The summed E-state index contributed by atoms with van der Waals surface area (Å²) in [7, 11) is 0. The van der Waals surface area contributed by atoms with E-state index in [1.165, 1.54) is 0 Å². The maximum absolute atomic E-state index is 11.6. The Kier molecular flexibility index (Phi) is 8.16. The molecule has 0 aromatic heterocycles. The number of halogens is 2. The molecule has 0 saturated heterocycles. The average molecular weight is 331 g/mol. The molecule has 0 bridgehead atoms. The molecule has 0 atom stereocenters. The second kappa shape index (κ2) is 9.64. The Morgan fingerprint density at radius 1 is 1.33 bits per heavy atom. The molecule has 116 valence electrons. The van der Waals surface area contributed by atoms with Crippen LogP contribution in [-0.2, 0) is 4.79 Å². The highest BCUT2D eigenvalue weighted by Gasteiger charge is 2.04. The second-order valence-corrected chi connectivity index (χ2v) is 5.50. The van der Waals surface area contributed by atoms with Crippen LogP contribution in [0.25, 0.3) is 0 Å². The molecular formula is C15H20Cl2N2O2. The quantitative estimate of drug-likeness (QED) is 0.435. The Bertz CT molecular complexity index is 504. The van der Waals surface area contributed by atoms with Crippen LogP contribution >= 0.6 is 23.2 Å². The Labute approximate surface area is 135 Å². The Balaban J connectivity index is 2.24. The van der Waals surface area contributed by atoms with Gasteiger partial charge in [0.2, 0.25) is 5.91 Å². The summed E-state index contributed by atoms with van der Waals surface area (Å²) in [5.74, 6) is 0.453. The van der Waals surface area contributed by atoms with E-state index in [-0.39, 0.29) is 5.91 Å². The fourth-order valence-electron chi connectivity index (χ4n) is 1.64. The third-order valence-corrected chi connectivity index (χ3v) is 3.21. The van der Waals surface area contributed by atoms with Gasteiger partial charge in [0.1, 0.15) is 5.75 Å². The Morgan fingerprint density at radius 2 is 2.10 bits per heavy atom. The first-order valence-electron chi connectivity index (χ1n) is 6.92. The third kappa shape index (κ3) is 7.34. The number of nitrogens with zero attached hydrogens (tertiary/aromatic N) is 1. The van der Waals surface area contributed by atoms with Crippen molar-refractivity contribution in [2.24, 2.45) is 5.10 Å². The van der Waals surface area contributed by atoms with Crippen LogP contribution in [-0.4, -0.2) is 18.2 Å². The van der Waals surface area contributed by atoms with Gasteiger partial charge >= 0.3 is 0 Å². The Hall–Kier alpha value is -1.26. The van der Waals surface area contributed by atoms with Crippen LogP contribution in [0.1, 0.15) is 39.5 Å². The predicted molar refractivity (Wildman–Crippen MR) is 87.4 cm³/mol. The molecule has 4 nitrogen and oxygen atoms in total. The molecule has 0 spiro atoms. The van der Waals surface area contributed by atoms with Crippen molar-refractivity contribution in [1.29, 1.82) is 0 Å². The minimum Gasteiger partial charge on any atom is -0.492 e. The third-order valence-electron chi connectivity index (χ3n) is 2.68. The minimum atomic E-state index is -0.115. The van der Waals surface area contributed by atoms with Gasteiger partial charge in [-0.1, -0.05) is 36.5 Å². The van der Waals surface area contributed by atoms with Crippen molar-refractivity contribution in [2.75, 3.05) is 6.61 Å². The number of hydrogen-bond donors (Lipinski definition) is 1. The minimum absolute atomic E-state index is 0.115. The standard InChI is InChI=1S/C15H20Cl2N2O2/c1-3-5-11(2)18-19-15(20)6-4-9-21-14-8-7-12(16)10-13(14)17/h7-8,10H,3-6,9H2,1-2H3,(H,19,20)/b18-11+. The van der Waals surface area contributed by atoms with Crippen molar-refractivity contribution >= 4 is 34.8 Å². The lowest BCUT2D eigenvalue weighted by atomic mass is 10.2. The van der Waals surface area contributed by atoms with E-state index < -0.39 is 0 Å². The molecule has 0 aliphatic carbocycles. The molecule has 0 heterocycles. The molecule has 0 fully saturated rings. The summed E-state index contributed by atoms with van der Waals surface area (Å²) in [4.78, 5) is 11.6. The molecule has 6 heteroatoms. The highest BCUT2D eigenvalue weighted by molar-refractivity contribution is 6.35. The van der Waals surface area contributed by atoms with E-state index in [1.807, 2.05) is 6.92 Å². The molecule has 1 aromatic carbocycles. The average Bonchev–Trinajstić information content (AvgIpc) is 2.43. The summed E-state index contributed by atoms with van der Waals surface area (Å²) in [5, 5.41) is 5.04. The zero-order valence-electron chi connectivity index (χ0n) is 12.3. The molecule has 0 unspecified atom stereocenters. The van der Waals surface area contributed by atoms with Gasteiger partial charge in [-0.25, -0.2) is 5.43 Å². The van der Waals surface area contributed by atoms with Crippen molar-refractivity contribution in [1.82, 2.24) is 5.43 Å². The lowest BCUT2D eigenvalue weighted by Crippen LogP contribution is -2.19. The largest absolute Gasteiger partial charge is 0.492 e. The highest BCUT2D eigenvalue weighted by atomic mass is 35.5. The number of hydrogen-bond acceptors (Lipinski definition) is 3. The molecule has 0 radical (unpaired) electrons. The van der Waals surface area contributed by atoms with Crippen molar-refractivity contribution < 1.29 is 9.53 Å². The van der Waals surface area contributed by atoms with Gasteiger partial charge < -0.3 is 4.74 Å². The van der Waals surface area contributed by atoms with Crippen LogP contribution in [0, 0.1) is 0 Å². The maximum atomic E-state index is 11.6. The lowest BCUT2D eigenvalue weighted by molar-refractivity contribution is -0.121. The number of hydrazone groups is 1. The molecule has 1 amide bonds. The van der Waals surface area contributed by atoms with Gasteiger partial charge in [0, 0.05) is 17.2 Å². The van der Waals surface area contributed by atoms with Gasteiger partial charge in [-0.05, 0) is 38.0 Å². The van der Waals surface area contributed by atoms with Gasteiger partial charge in [0.05, 0.1) is 11.6 Å². The van der Waals surface area contributed by atoms with Crippen molar-refractivity contribution in [2.45, 2.75) is 39.5 Å². The summed E-state index contributed by atoms with van der Waals surface area (Å²) < 4.78 is 5.50. The van der Waals surface area contributed by atoms with Crippen LogP contribution in [0.3, 0.4) is 0 Å². The molecule has 0 aliphatic rings. The molecule has 1 aromatic rings. The van der Waals surface area contributed by atoms with Crippen LogP contribution in [0.5, 0.6) is 5.75 Å². The van der Waals surface area contributed by atoms with E-state index in [0.29, 0.717) is 35.2 Å². The lowest BCUT2D eigenvalue weighted by Gasteiger charge is -2.08. The van der Waals surface area contributed by atoms with E-state index in [2.05, 4.69) is 17.5 Å². The van der Waals surface area contributed by atoms with Crippen LogP contribution in [0.4, 0.5) is 0 Å². The number of ether oxygens (including phenoxy) is 1. The van der Waals surface area contributed by atoms with Crippen LogP contribution in [0.15, 0.2) is 23.3 Å². The summed E-state index contributed by atoms with van der Waals surface area (Å²) in [6.07, 6.45) is 2.85. The van der Waals surface area contributed by atoms with E-state index in [9.17, 15) is 4.79 Å².